The van der Waals surface area contributed by atoms with Crippen molar-refractivity contribution in [1.29, 1.82) is 0 Å². The number of aliphatic carboxylic acids is 1. The Bertz CT molecular complexity index is 1130. The van der Waals surface area contributed by atoms with E-state index in [1.54, 1.807) is 0 Å². The minimum absolute atomic E-state index is 0.0706. The fourth-order valence-corrected chi connectivity index (χ4v) is 3.78. The molecule has 4 heterocycles. The van der Waals surface area contributed by atoms with Crippen molar-refractivity contribution < 1.29 is 20.1 Å². The quantitative estimate of drug-likeness (QED) is 0.166. The van der Waals surface area contributed by atoms with E-state index in [0.717, 1.165) is 4.79 Å². The summed E-state index contributed by atoms with van der Waals surface area (Å²) in [6, 6.07) is 0. The van der Waals surface area contributed by atoms with E-state index in [1.165, 1.54) is 16.4 Å². The number of aliphatic hydroxyl groups excluding tert-OH is 2. The number of aromatic amines is 1. The molecule has 7 N–H and O–H groups in total. The molecular formula is C15H20N10O4S. The third-order valence-electron chi connectivity index (χ3n) is 4.35. The first-order valence-electron chi connectivity index (χ1n) is 9.09. The van der Waals surface area contributed by atoms with Gasteiger partial charge in [-0.2, -0.15) is 4.63 Å². The molecule has 0 saturated carbocycles. The highest BCUT2D eigenvalue weighted by Crippen LogP contribution is 2.35. The fraction of sp³-hybridized carbons (Fsp3) is 0.467. The first-order chi connectivity index (χ1) is 14.4. The number of carbonyl (C=O) groups is 1. The number of H-pyrrole nitrogens is 1. The molecular weight excluding hydrogens is 416 g/mol. The third-order valence-corrected chi connectivity index (χ3v) is 5.20. The summed E-state index contributed by atoms with van der Waals surface area (Å²) in [4.78, 5) is 21.6. The number of hydrogen-bond donors (Lipinski definition) is 6. The monoisotopic (exact) mass is 436 g/mol. The Morgan fingerprint density at radius 2 is 2.03 bits per heavy atom. The number of hydrogen-bond acceptors (Lipinski definition) is 11. The van der Waals surface area contributed by atoms with Crippen LogP contribution in [-0.2, 0) is 23.3 Å². The van der Waals surface area contributed by atoms with Crippen molar-refractivity contribution in [3.8, 4) is 0 Å². The van der Waals surface area contributed by atoms with E-state index >= 15 is 0 Å². The average Bonchev–Trinajstić information content (AvgIpc) is 3.40. The van der Waals surface area contributed by atoms with E-state index < -0.39 is 17.3 Å². The van der Waals surface area contributed by atoms with Crippen LogP contribution >= 0.6 is 11.8 Å². The zero-order valence-electron chi connectivity index (χ0n) is 15.9. The predicted molar refractivity (Wildman–Crippen MR) is 105 cm³/mol. The number of rotatable bonds is 9. The lowest BCUT2D eigenvalue weighted by Gasteiger charge is -2.24. The van der Waals surface area contributed by atoms with Crippen LogP contribution in [0.2, 0.25) is 0 Å². The zero-order valence-corrected chi connectivity index (χ0v) is 16.7. The molecule has 15 heteroatoms. The highest BCUT2D eigenvalue weighted by Gasteiger charge is 2.49. The molecule has 0 spiro atoms. The smallest absolute Gasteiger partial charge is 0.356 e. The summed E-state index contributed by atoms with van der Waals surface area (Å²) in [5.74, 6) is 0.227. The van der Waals surface area contributed by atoms with Crippen molar-refractivity contribution in [2.24, 2.45) is 10.8 Å². The van der Waals surface area contributed by atoms with Crippen molar-refractivity contribution in [1.82, 2.24) is 34.7 Å². The minimum atomic E-state index is -1.81. The molecule has 0 aromatic carbocycles. The molecule has 1 unspecified atom stereocenters. The second kappa shape index (κ2) is 7.67. The van der Waals surface area contributed by atoms with Gasteiger partial charge in [0, 0.05) is 12.8 Å². The molecule has 0 radical (unpaired) electrons. The second-order valence-corrected chi connectivity index (χ2v) is 7.65. The molecule has 0 saturated heterocycles. The van der Waals surface area contributed by atoms with Crippen molar-refractivity contribution >= 4 is 34.8 Å². The molecule has 0 aliphatic carbocycles. The van der Waals surface area contributed by atoms with Crippen LogP contribution in [0.5, 0.6) is 0 Å². The Balaban J connectivity index is 1.82. The van der Waals surface area contributed by atoms with E-state index in [2.05, 4.69) is 35.7 Å². The van der Waals surface area contributed by atoms with Gasteiger partial charge >= 0.3 is 5.97 Å². The number of carboxylic acid groups (broad SMARTS) is 1. The van der Waals surface area contributed by atoms with E-state index in [4.69, 9.17) is 15.9 Å². The van der Waals surface area contributed by atoms with Crippen molar-refractivity contribution in [3.63, 3.8) is 0 Å². The van der Waals surface area contributed by atoms with Gasteiger partial charge < -0.3 is 20.6 Å². The standard InChI is InChI=1S/C15H20N10O4S/c1-2-30-12-9(11-17-7(3-5-26)20-24(11)23-12)19-15(16)10(13(28)29)22-25-14(15)18-8(21-25)4-6-27/h19,26-27H,2-6,16H2,1H3,(H,17,20)(H,28,29). The first kappa shape index (κ1) is 20.3. The van der Waals surface area contributed by atoms with Gasteiger partial charge in [0.1, 0.15) is 16.5 Å². The van der Waals surface area contributed by atoms with Gasteiger partial charge in [0.2, 0.25) is 5.66 Å². The maximum absolute atomic E-state index is 11.9. The zero-order chi connectivity index (χ0) is 21.5. The van der Waals surface area contributed by atoms with Crippen molar-refractivity contribution in [2.75, 3.05) is 24.3 Å². The summed E-state index contributed by atoms with van der Waals surface area (Å²) in [6.45, 7) is 1.68. The molecule has 3 aromatic heterocycles. The molecule has 4 rings (SSSR count). The summed E-state index contributed by atoms with van der Waals surface area (Å²) in [5, 5.41) is 47.0. The third kappa shape index (κ3) is 3.20. The number of anilines is 1. The topological polar surface area (TPSA) is 205 Å². The van der Waals surface area contributed by atoms with E-state index in [1.807, 2.05) is 6.92 Å². The maximum atomic E-state index is 11.9. The van der Waals surface area contributed by atoms with Crippen molar-refractivity contribution in [2.45, 2.75) is 30.5 Å². The van der Waals surface area contributed by atoms with E-state index in [9.17, 15) is 9.90 Å². The van der Waals surface area contributed by atoms with Gasteiger partial charge in [0.05, 0.1) is 13.2 Å². The molecule has 0 fully saturated rings. The van der Waals surface area contributed by atoms with Crippen LogP contribution in [0.15, 0.2) is 10.1 Å². The number of nitrogens with zero attached hydrogens (tertiary/aromatic N) is 7. The lowest BCUT2D eigenvalue weighted by molar-refractivity contribution is -0.129. The van der Waals surface area contributed by atoms with Gasteiger partial charge in [0.25, 0.3) is 0 Å². The molecule has 30 heavy (non-hydrogen) atoms. The van der Waals surface area contributed by atoms with Gasteiger partial charge in [-0.3, -0.25) is 10.8 Å². The molecule has 3 aromatic rings. The van der Waals surface area contributed by atoms with Crippen LogP contribution in [0, 0.1) is 0 Å². The number of aliphatic hydroxyl groups is 2. The van der Waals surface area contributed by atoms with Crippen LogP contribution in [-0.4, -0.2) is 80.7 Å². The van der Waals surface area contributed by atoms with Gasteiger partial charge in [-0.25, -0.2) is 14.8 Å². The highest BCUT2D eigenvalue weighted by atomic mass is 32.2. The summed E-state index contributed by atoms with van der Waals surface area (Å²) in [6.07, 6.45) is 0.473. The summed E-state index contributed by atoms with van der Waals surface area (Å²) in [5.41, 5.74) is 5.09. The molecule has 1 aliphatic rings. The number of nitrogens with two attached hydrogens (primary N) is 1. The SMILES string of the molecule is CCSc1nn2[nH]c(CCO)nc2c1NC1(N)C(C(=O)O)=Nn2nc(CCO)nc21. The largest absolute Gasteiger partial charge is 0.477 e. The molecule has 1 atom stereocenters. The number of thioether (sulfide) groups is 1. The van der Waals surface area contributed by atoms with Gasteiger partial charge in [-0.15, -0.1) is 31.9 Å². The highest BCUT2D eigenvalue weighted by molar-refractivity contribution is 7.99. The maximum Gasteiger partial charge on any atom is 0.356 e. The number of nitrogens with one attached hydrogen (secondary N) is 2. The molecule has 14 nitrogen and oxygen atoms in total. The van der Waals surface area contributed by atoms with Gasteiger partial charge in [-0.05, 0) is 5.75 Å². The second-order valence-electron chi connectivity index (χ2n) is 6.39. The lowest BCUT2D eigenvalue weighted by atomic mass is 10.0. The Labute approximate surface area is 173 Å². The van der Waals surface area contributed by atoms with Crippen LogP contribution < -0.4 is 11.1 Å². The molecule has 160 valence electrons. The summed E-state index contributed by atoms with van der Waals surface area (Å²) in [7, 11) is 0. The Morgan fingerprint density at radius 1 is 1.27 bits per heavy atom. The summed E-state index contributed by atoms with van der Waals surface area (Å²) >= 11 is 1.42. The van der Waals surface area contributed by atoms with Crippen LogP contribution in [0.4, 0.5) is 5.69 Å². The normalized spacial score (nSPS) is 18.1. The molecule has 0 amide bonds. The lowest BCUT2D eigenvalue weighted by Crippen LogP contribution is -2.53. The number of carboxylic acids is 1. The van der Waals surface area contributed by atoms with Gasteiger partial charge in [0.15, 0.2) is 23.0 Å². The fourth-order valence-electron chi connectivity index (χ4n) is 3.08. The van der Waals surface area contributed by atoms with E-state index in [-0.39, 0.29) is 31.3 Å². The summed E-state index contributed by atoms with van der Waals surface area (Å²) < 4.78 is 1.43. The van der Waals surface area contributed by atoms with Crippen LogP contribution in [0.25, 0.3) is 5.65 Å². The molecule has 0 bridgehead atoms. The van der Waals surface area contributed by atoms with Crippen LogP contribution in [0.3, 0.4) is 0 Å². The van der Waals surface area contributed by atoms with Crippen LogP contribution in [0.1, 0.15) is 24.4 Å². The Hall–Kier alpha value is -3.01. The van der Waals surface area contributed by atoms with Crippen molar-refractivity contribution in [3.05, 3.63) is 17.5 Å². The van der Waals surface area contributed by atoms with Gasteiger partial charge in [-0.1, -0.05) is 6.92 Å². The predicted octanol–water partition coefficient (Wildman–Crippen LogP) is -1.64. The Morgan fingerprint density at radius 3 is 2.70 bits per heavy atom. The van der Waals surface area contributed by atoms with E-state index in [0.29, 0.717) is 34.4 Å². The average molecular weight is 436 g/mol. The number of fused-ring (bicyclic) bond motifs is 2. The first-order valence-corrected chi connectivity index (χ1v) is 10.1. The Kier molecular flexibility index (Phi) is 5.19. The minimum Gasteiger partial charge on any atom is -0.477 e. The number of aromatic nitrogens is 7. The molecule has 1 aliphatic heterocycles.